The second-order valence-electron chi connectivity index (χ2n) is 4.12. The summed E-state index contributed by atoms with van der Waals surface area (Å²) < 4.78 is 10.9. The highest BCUT2D eigenvalue weighted by Gasteiger charge is 2.12. The van der Waals surface area contributed by atoms with E-state index in [1.165, 1.54) is 6.07 Å². The Morgan fingerprint density at radius 3 is 2.63 bits per heavy atom. The Kier molecular flexibility index (Phi) is 4.36. The molecule has 0 aliphatic heterocycles. The van der Waals surface area contributed by atoms with Crippen molar-refractivity contribution in [2.24, 2.45) is 0 Å². The zero-order chi connectivity index (χ0) is 13.7. The van der Waals surface area contributed by atoms with E-state index in [1.54, 1.807) is 0 Å². The number of aryl methyl sites for hydroxylation is 1. The van der Waals surface area contributed by atoms with E-state index in [2.05, 4.69) is 0 Å². The third-order valence-electron chi connectivity index (χ3n) is 2.74. The highest BCUT2D eigenvalue weighted by molar-refractivity contribution is 5.27. The first-order chi connectivity index (χ1) is 9.24. The van der Waals surface area contributed by atoms with Crippen LogP contribution in [-0.4, -0.2) is 5.11 Å². The van der Waals surface area contributed by atoms with Crippen LogP contribution < -0.4 is 10.2 Å². The third-order valence-corrected chi connectivity index (χ3v) is 2.74. The molecule has 0 spiro atoms. The number of benzene rings is 1. The fraction of sp³-hybridized carbons (Fsp3) is 0.267. The summed E-state index contributed by atoms with van der Waals surface area (Å²) in [5, 5.41) is 9.25. The SMILES string of the molecule is CCc1cc(=O)c(OCc2ccccc2)c(CO)o1. The van der Waals surface area contributed by atoms with E-state index >= 15 is 0 Å². The van der Waals surface area contributed by atoms with Crippen LogP contribution in [0.3, 0.4) is 0 Å². The largest absolute Gasteiger partial charge is 0.482 e. The van der Waals surface area contributed by atoms with Crippen LogP contribution in [0.2, 0.25) is 0 Å². The van der Waals surface area contributed by atoms with Crippen LogP contribution in [0.25, 0.3) is 0 Å². The smallest absolute Gasteiger partial charge is 0.227 e. The van der Waals surface area contributed by atoms with Gasteiger partial charge in [0.25, 0.3) is 0 Å². The summed E-state index contributed by atoms with van der Waals surface area (Å²) in [6.45, 7) is 1.79. The molecular weight excluding hydrogens is 244 g/mol. The normalized spacial score (nSPS) is 10.4. The first-order valence-corrected chi connectivity index (χ1v) is 6.18. The Labute approximate surface area is 111 Å². The Bertz CT molecular complexity index is 587. The van der Waals surface area contributed by atoms with Gasteiger partial charge in [0, 0.05) is 12.5 Å². The number of aliphatic hydroxyl groups is 1. The second kappa shape index (κ2) is 6.20. The fourth-order valence-corrected chi connectivity index (χ4v) is 1.74. The molecule has 0 amide bonds. The molecule has 19 heavy (non-hydrogen) atoms. The molecule has 4 nitrogen and oxygen atoms in total. The van der Waals surface area contributed by atoms with Crippen molar-refractivity contribution < 1.29 is 14.3 Å². The van der Waals surface area contributed by atoms with Gasteiger partial charge < -0.3 is 14.3 Å². The molecule has 4 heteroatoms. The van der Waals surface area contributed by atoms with Crippen LogP contribution in [0.1, 0.15) is 24.0 Å². The summed E-state index contributed by atoms with van der Waals surface area (Å²) in [5.41, 5.74) is 0.688. The lowest BCUT2D eigenvalue weighted by Crippen LogP contribution is -2.11. The molecule has 0 fully saturated rings. The van der Waals surface area contributed by atoms with Crippen LogP contribution in [0.15, 0.2) is 45.6 Å². The van der Waals surface area contributed by atoms with Gasteiger partial charge in [-0.25, -0.2) is 0 Å². The molecule has 0 atom stereocenters. The van der Waals surface area contributed by atoms with Gasteiger partial charge in [-0.2, -0.15) is 0 Å². The van der Waals surface area contributed by atoms with Crippen LogP contribution in [0.5, 0.6) is 5.75 Å². The summed E-state index contributed by atoms with van der Waals surface area (Å²) in [7, 11) is 0. The van der Waals surface area contributed by atoms with E-state index in [4.69, 9.17) is 9.15 Å². The molecule has 0 aliphatic rings. The Morgan fingerprint density at radius 2 is 2.00 bits per heavy atom. The monoisotopic (exact) mass is 260 g/mol. The van der Waals surface area contributed by atoms with E-state index in [9.17, 15) is 9.90 Å². The molecule has 100 valence electrons. The topological polar surface area (TPSA) is 59.7 Å². The summed E-state index contributed by atoms with van der Waals surface area (Å²) in [6, 6.07) is 10.9. The summed E-state index contributed by atoms with van der Waals surface area (Å²) in [4.78, 5) is 11.9. The van der Waals surface area contributed by atoms with Crippen molar-refractivity contribution in [2.75, 3.05) is 0 Å². The Morgan fingerprint density at radius 1 is 1.26 bits per heavy atom. The van der Waals surface area contributed by atoms with Gasteiger partial charge >= 0.3 is 0 Å². The molecule has 1 N–H and O–H groups in total. The lowest BCUT2D eigenvalue weighted by molar-refractivity contribution is 0.213. The van der Waals surface area contributed by atoms with E-state index in [0.717, 1.165) is 5.56 Å². The molecular formula is C15H16O4. The van der Waals surface area contributed by atoms with E-state index < -0.39 is 0 Å². The van der Waals surface area contributed by atoms with E-state index in [1.807, 2.05) is 37.3 Å². The minimum Gasteiger partial charge on any atom is -0.482 e. The van der Waals surface area contributed by atoms with Crippen LogP contribution in [-0.2, 0) is 19.6 Å². The maximum atomic E-state index is 11.9. The van der Waals surface area contributed by atoms with Crippen molar-refractivity contribution in [2.45, 2.75) is 26.6 Å². The molecule has 0 saturated carbocycles. The van der Waals surface area contributed by atoms with Gasteiger partial charge in [-0.15, -0.1) is 0 Å². The van der Waals surface area contributed by atoms with Crippen molar-refractivity contribution in [1.82, 2.24) is 0 Å². The van der Waals surface area contributed by atoms with Gasteiger partial charge in [-0.05, 0) is 5.56 Å². The molecule has 0 aliphatic carbocycles. The van der Waals surface area contributed by atoms with Crippen molar-refractivity contribution in [3.8, 4) is 5.75 Å². The van der Waals surface area contributed by atoms with Crippen molar-refractivity contribution >= 4 is 0 Å². The minimum atomic E-state index is -0.354. The Hall–Kier alpha value is -2.07. The molecule has 2 rings (SSSR count). The van der Waals surface area contributed by atoms with Gasteiger partial charge in [0.05, 0.1) is 0 Å². The number of rotatable bonds is 5. The summed E-state index contributed by atoms with van der Waals surface area (Å²) in [6.07, 6.45) is 0.598. The van der Waals surface area contributed by atoms with Crippen molar-refractivity contribution in [3.05, 3.63) is 63.7 Å². The maximum Gasteiger partial charge on any atom is 0.227 e. The fourth-order valence-electron chi connectivity index (χ4n) is 1.74. The number of aliphatic hydroxyl groups excluding tert-OH is 1. The molecule has 2 aromatic rings. The molecule has 0 unspecified atom stereocenters. The zero-order valence-electron chi connectivity index (χ0n) is 10.8. The van der Waals surface area contributed by atoms with Crippen LogP contribution >= 0.6 is 0 Å². The van der Waals surface area contributed by atoms with Crippen molar-refractivity contribution in [1.29, 1.82) is 0 Å². The first kappa shape index (κ1) is 13.4. The molecule has 0 saturated heterocycles. The van der Waals surface area contributed by atoms with Crippen LogP contribution in [0.4, 0.5) is 0 Å². The summed E-state index contributed by atoms with van der Waals surface area (Å²) >= 11 is 0. The molecule has 0 radical (unpaired) electrons. The molecule has 1 aromatic carbocycles. The molecule has 1 heterocycles. The number of ether oxygens (including phenoxy) is 1. The zero-order valence-corrected chi connectivity index (χ0v) is 10.8. The number of hydrogen-bond acceptors (Lipinski definition) is 4. The van der Waals surface area contributed by atoms with Gasteiger partial charge in [-0.1, -0.05) is 37.3 Å². The highest BCUT2D eigenvalue weighted by atomic mass is 16.5. The average Bonchev–Trinajstić information content (AvgIpc) is 2.46. The third kappa shape index (κ3) is 3.23. The van der Waals surface area contributed by atoms with E-state index in [0.29, 0.717) is 12.2 Å². The van der Waals surface area contributed by atoms with Gasteiger partial charge in [0.2, 0.25) is 11.2 Å². The van der Waals surface area contributed by atoms with Crippen molar-refractivity contribution in [3.63, 3.8) is 0 Å². The lowest BCUT2D eigenvalue weighted by atomic mass is 10.2. The predicted molar refractivity (Wildman–Crippen MR) is 71.1 cm³/mol. The molecule has 1 aromatic heterocycles. The van der Waals surface area contributed by atoms with Gasteiger partial charge in [0.1, 0.15) is 19.0 Å². The average molecular weight is 260 g/mol. The van der Waals surface area contributed by atoms with Crippen LogP contribution in [0, 0.1) is 0 Å². The molecule has 0 bridgehead atoms. The minimum absolute atomic E-state index is 0.0866. The lowest BCUT2D eigenvalue weighted by Gasteiger charge is -2.09. The first-order valence-electron chi connectivity index (χ1n) is 6.18. The maximum absolute atomic E-state index is 11.9. The van der Waals surface area contributed by atoms with E-state index in [-0.39, 0.29) is 30.2 Å². The van der Waals surface area contributed by atoms with Gasteiger partial charge in [0.15, 0.2) is 5.76 Å². The Balaban J connectivity index is 2.22. The quantitative estimate of drug-likeness (QED) is 0.896. The van der Waals surface area contributed by atoms with Gasteiger partial charge in [-0.3, -0.25) is 4.79 Å². The second-order valence-corrected chi connectivity index (χ2v) is 4.12. The predicted octanol–water partition coefficient (Wildman–Crippen LogP) is 2.27. The highest BCUT2D eigenvalue weighted by Crippen LogP contribution is 2.17. The number of hydrogen-bond donors (Lipinski definition) is 1. The standard InChI is InChI=1S/C15H16O4/c1-2-12-8-13(17)15(14(9-16)19-12)18-10-11-6-4-3-5-7-11/h3-8,16H,2,9-10H2,1H3. The summed E-state index contributed by atoms with van der Waals surface area (Å²) in [5.74, 6) is 0.810.